The molecular formula is C16H24BrNO5S. The molecule has 0 spiro atoms. The minimum absolute atomic E-state index is 0.118. The maximum atomic E-state index is 12.7. The number of aryl methyl sites for hydroxylation is 1. The molecule has 6 nitrogen and oxygen atoms in total. The molecular weight excluding hydrogens is 398 g/mol. The molecule has 0 aromatic heterocycles. The zero-order valence-corrected chi connectivity index (χ0v) is 17.0. The third-order valence-corrected chi connectivity index (χ3v) is 5.22. The van der Waals surface area contributed by atoms with Crippen LogP contribution in [0.3, 0.4) is 0 Å². The van der Waals surface area contributed by atoms with Crippen molar-refractivity contribution in [1.82, 2.24) is 4.72 Å². The summed E-state index contributed by atoms with van der Waals surface area (Å²) in [6, 6.07) is 3.77. The Morgan fingerprint density at radius 1 is 1.33 bits per heavy atom. The SMILES string of the molecule is CCc1cc(Br)ccc1S(=O)(=O)NC(COC(C)(C)C)C(=O)OC. The van der Waals surface area contributed by atoms with Crippen molar-refractivity contribution in [2.75, 3.05) is 13.7 Å². The van der Waals surface area contributed by atoms with Crippen LogP contribution in [-0.4, -0.2) is 39.7 Å². The summed E-state index contributed by atoms with van der Waals surface area (Å²) in [6.07, 6.45) is 0.539. The summed E-state index contributed by atoms with van der Waals surface area (Å²) in [5, 5.41) is 0. The summed E-state index contributed by atoms with van der Waals surface area (Å²) in [4.78, 5) is 12.0. The quantitative estimate of drug-likeness (QED) is 0.684. The summed E-state index contributed by atoms with van der Waals surface area (Å²) in [5.74, 6) is -0.696. The molecule has 1 atom stereocenters. The van der Waals surface area contributed by atoms with Crippen LogP contribution in [0.2, 0.25) is 0 Å². The Morgan fingerprint density at radius 2 is 1.96 bits per heavy atom. The second-order valence-corrected chi connectivity index (χ2v) is 8.82. The van der Waals surface area contributed by atoms with Crippen LogP contribution in [-0.2, 0) is 30.7 Å². The number of hydrogen-bond donors (Lipinski definition) is 1. The van der Waals surface area contributed by atoms with Gasteiger partial charge in [0.15, 0.2) is 0 Å². The molecule has 136 valence electrons. The minimum Gasteiger partial charge on any atom is -0.468 e. The van der Waals surface area contributed by atoms with E-state index in [2.05, 4.69) is 25.4 Å². The van der Waals surface area contributed by atoms with Crippen LogP contribution < -0.4 is 4.72 Å². The molecule has 24 heavy (non-hydrogen) atoms. The zero-order chi connectivity index (χ0) is 18.5. The largest absolute Gasteiger partial charge is 0.468 e. The van der Waals surface area contributed by atoms with Crippen molar-refractivity contribution >= 4 is 31.9 Å². The van der Waals surface area contributed by atoms with E-state index >= 15 is 0 Å². The fraction of sp³-hybridized carbons (Fsp3) is 0.562. The van der Waals surface area contributed by atoms with Crippen LogP contribution in [0.4, 0.5) is 0 Å². The maximum Gasteiger partial charge on any atom is 0.326 e. The van der Waals surface area contributed by atoms with E-state index in [0.717, 1.165) is 4.47 Å². The molecule has 0 radical (unpaired) electrons. The van der Waals surface area contributed by atoms with Gasteiger partial charge in [0.2, 0.25) is 10.0 Å². The fourth-order valence-corrected chi connectivity index (χ4v) is 3.83. The number of benzene rings is 1. The smallest absolute Gasteiger partial charge is 0.326 e. The zero-order valence-electron chi connectivity index (χ0n) is 14.6. The van der Waals surface area contributed by atoms with Crippen LogP contribution in [0, 0.1) is 0 Å². The van der Waals surface area contributed by atoms with Crippen LogP contribution >= 0.6 is 15.9 Å². The first-order valence-corrected chi connectivity index (χ1v) is 9.80. The Morgan fingerprint density at radius 3 is 2.46 bits per heavy atom. The van der Waals surface area contributed by atoms with Gasteiger partial charge in [-0.1, -0.05) is 22.9 Å². The molecule has 1 unspecified atom stereocenters. The summed E-state index contributed by atoms with van der Waals surface area (Å²) >= 11 is 3.33. The highest BCUT2D eigenvalue weighted by atomic mass is 79.9. The van der Waals surface area contributed by atoms with Gasteiger partial charge in [-0.2, -0.15) is 4.72 Å². The Kier molecular flexibility index (Phi) is 7.40. The number of sulfonamides is 1. The lowest BCUT2D eigenvalue weighted by molar-refractivity contribution is -0.145. The molecule has 0 saturated heterocycles. The number of halogens is 1. The van der Waals surface area contributed by atoms with E-state index in [1.807, 2.05) is 27.7 Å². The summed E-state index contributed by atoms with van der Waals surface area (Å²) in [7, 11) is -2.69. The number of carbonyl (C=O) groups is 1. The van der Waals surface area contributed by atoms with Crippen molar-refractivity contribution < 1.29 is 22.7 Å². The molecule has 0 bridgehead atoms. The molecule has 0 aliphatic carbocycles. The topological polar surface area (TPSA) is 81.7 Å². The molecule has 8 heteroatoms. The Hall–Kier alpha value is -0.960. The molecule has 0 amide bonds. The van der Waals surface area contributed by atoms with Crippen LogP contribution in [0.1, 0.15) is 33.3 Å². The number of esters is 1. The van der Waals surface area contributed by atoms with E-state index < -0.39 is 27.6 Å². The first kappa shape index (κ1) is 21.1. The van der Waals surface area contributed by atoms with Crippen LogP contribution in [0.5, 0.6) is 0 Å². The Bertz CT molecular complexity index is 682. The highest BCUT2D eigenvalue weighted by Gasteiger charge is 2.29. The van der Waals surface area contributed by atoms with E-state index in [1.165, 1.54) is 13.2 Å². The van der Waals surface area contributed by atoms with Gasteiger partial charge in [-0.15, -0.1) is 0 Å². The van der Waals surface area contributed by atoms with Crippen molar-refractivity contribution in [1.29, 1.82) is 0 Å². The van der Waals surface area contributed by atoms with E-state index in [-0.39, 0.29) is 11.5 Å². The first-order valence-electron chi connectivity index (χ1n) is 7.52. The average Bonchev–Trinajstić information content (AvgIpc) is 2.49. The maximum absolute atomic E-state index is 12.7. The van der Waals surface area contributed by atoms with Crippen molar-refractivity contribution in [2.24, 2.45) is 0 Å². The number of rotatable bonds is 7. The first-order chi connectivity index (χ1) is 11.0. The van der Waals surface area contributed by atoms with Crippen molar-refractivity contribution in [2.45, 2.75) is 50.7 Å². The van der Waals surface area contributed by atoms with E-state index in [4.69, 9.17) is 4.74 Å². The summed E-state index contributed by atoms with van der Waals surface area (Å²) < 4.78 is 38.8. The van der Waals surface area contributed by atoms with Gasteiger partial charge in [-0.3, -0.25) is 4.79 Å². The minimum atomic E-state index is -3.89. The van der Waals surface area contributed by atoms with Crippen LogP contribution in [0.15, 0.2) is 27.6 Å². The Labute approximate surface area is 152 Å². The molecule has 1 rings (SSSR count). The average molecular weight is 422 g/mol. The molecule has 0 aliphatic heterocycles. The van der Waals surface area contributed by atoms with E-state index in [1.54, 1.807) is 12.1 Å². The molecule has 0 heterocycles. The molecule has 0 fully saturated rings. The summed E-state index contributed by atoms with van der Waals surface area (Å²) in [6.45, 7) is 7.20. The second-order valence-electron chi connectivity index (χ2n) is 6.23. The lowest BCUT2D eigenvalue weighted by Crippen LogP contribution is -2.46. The third kappa shape index (κ3) is 6.16. The summed E-state index contributed by atoms with van der Waals surface area (Å²) in [5.41, 5.74) is 0.140. The fourth-order valence-electron chi connectivity index (χ4n) is 1.96. The van der Waals surface area contributed by atoms with Crippen molar-refractivity contribution in [3.05, 3.63) is 28.2 Å². The van der Waals surface area contributed by atoms with Gasteiger partial charge in [-0.25, -0.2) is 8.42 Å². The number of methoxy groups -OCH3 is 1. The predicted octanol–water partition coefficient (Wildman–Crippen LogP) is 2.65. The monoisotopic (exact) mass is 421 g/mol. The van der Waals surface area contributed by atoms with Gasteiger partial charge in [0.25, 0.3) is 0 Å². The Balaban J connectivity index is 3.09. The van der Waals surface area contributed by atoms with E-state index in [0.29, 0.717) is 12.0 Å². The number of hydrogen-bond acceptors (Lipinski definition) is 5. The van der Waals surface area contributed by atoms with Gasteiger partial charge in [0.1, 0.15) is 6.04 Å². The molecule has 0 aliphatic rings. The van der Waals surface area contributed by atoms with Gasteiger partial charge in [0.05, 0.1) is 24.2 Å². The number of ether oxygens (including phenoxy) is 2. The van der Waals surface area contributed by atoms with Crippen molar-refractivity contribution in [3.63, 3.8) is 0 Å². The molecule has 0 saturated carbocycles. The standard InChI is InChI=1S/C16H24BrNO5S/c1-6-11-9-12(17)7-8-14(11)24(20,21)18-13(15(19)22-5)10-23-16(2,3)4/h7-9,13,18H,6,10H2,1-5H3. The lowest BCUT2D eigenvalue weighted by Gasteiger charge is -2.24. The highest BCUT2D eigenvalue weighted by Crippen LogP contribution is 2.22. The lowest BCUT2D eigenvalue weighted by atomic mass is 10.2. The van der Waals surface area contributed by atoms with Gasteiger partial charge in [0, 0.05) is 4.47 Å². The van der Waals surface area contributed by atoms with Crippen molar-refractivity contribution in [3.8, 4) is 0 Å². The van der Waals surface area contributed by atoms with Gasteiger partial charge in [-0.05, 0) is 51.0 Å². The number of nitrogens with one attached hydrogen (secondary N) is 1. The molecule has 1 aromatic carbocycles. The molecule has 1 aromatic rings. The molecule has 1 N–H and O–H groups in total. The van der Waals surface area contributed by atoms with E-state index in [9.17, 15) is 13.2 Å². The van der Waals surface area contributed by atoms with Gasteiger partial charge < -0.3 is 9.47 Å². The number of carbonyl (C=O) groups excluding carboxylic acids is 1. The predicted molar refractivity (Wildman–Crippen MR) is 95.4 cm³/mol. The normalized spacial score (nSPS) is 13.6. The van der Waals surface area contributed by atoms with Crippen LogP contribution in [0.25, 0.3) is 0 Å². The van der Waals surface area contributed by atoms with Gasteiger partial charge >= 0.3 is 5.97 Å². The highest BCUT2D eigenvalue weighted by molar-refractivity contribution is 9.10. The third-order valence-electron chi connectivity index (χ3n) is 3.16. The second kappa shape index (κ2) is 8.42.